The lowest BCUT2D eigenvalue weighted by Crippen LogP contribution is -2.32. The number of hydrogen-bond acceptors (Lipinski definition) is 6. The van der Waals surface area contributed by atoms with Gasteiger partial charge in [-0.25, -0.2) is 9.97 Å². The maximum Gasteiger partial charge on any atom is 0.240 e. The third-order valence-corrected chi connectivity index (χ3v) is 4.84. The van der Waals surface area contributed by atoms with Crippen LogP contribution in [0.3, 0.4) is 0 Å². The molecule has 106 valence electrons. The number of anilines is 1. The van der Waals surface area contributed by atoms with E-state index < -0.39 is 0 Å². The number of rotatable bonds is 6. The summed E-state index contributed by atoms with van der Waals surface area (Å²) >= 11 is 3.13. The van der Waals surface area contributed by atoms with E-state index in [1.165, 1.54) is 29.1 Å². The van der Waals surface area contributed by atoms with Crippen LogP contribution in [0, 0.1) is 12.8 Å². The second-order valence-corrected chi connectivity index (χ2v) is 7.05. The van der Waals surface area contributed by atoms with E-state index >= 15 is 0 Å². The first-order chi connectivity index (χ1) is 9.72. The van der Waals surface area contributed by atoms with E-state index in [0.717, 1.165) is 5.01 Å². The van der Waals surface area contributed by atoms with Crippen LogP contribution >= 0.6 is 22.7 Å². The summed E-state index contributed by atoms with van der Waals surface area (Å²) in [6.07, 6.45) is 6.00. The van der Waals surface area contributed by atoms with E-state index in [-0.39, 0.29) is 11.9 Å². The van der Waals surface area contributed by atoms with Crippen molar-refractivity contribution < 1.29 is 4.79 Å². The quantitative estimate of drug-likeness (QED) is 0.861. The number of thiazole rings is 2. The van der Waals surface area contributed by atoms with Crippen molar-refractivity contribution in [3.63, 3.8) is 0 Å². The Morgan fingerprint density at radius 3 is 2.95 bits per heavy atom. The maximum absolute atomic E-state index is 11.9. The fraction of sp³-hybridized carbons (Fsp3) is 0.462. The molecule has 3 rings (SSSR count). The van der Waals surface area contributed by atoms with Crippen molar-refractivity contribution in [1.29, 1.82) is 0 Å². The fourth-order valence-corrected chi connectivity index (χ4v) is 3.54. The first kappa shape index (κ1) is 13.7. The van der Waals surface area contributed by atoms with Gasteiger partial charge in [0.05, 0.1) is 12.6 Å². The van der Waals surface area contributed by atoms with Crippen molar-refractivity contribution >= 4 is 33.7 Å². The Morgan fingerprint density at radius 2 is 2.35 bits per heavy atom. The summed E-state index contributed by atoms with van der Waals surface area (Å²) in [6.45, 7) is 2.35. The molecular weight excluding hydrogens is 292 g/mol. The molecule has 2 N–H and O–H groups in total. The molecule has 0 aliphatic heterocycles. The molecule has 0 saturated heterocycles. The van der Waals surface area contributed by atoms with Crippen molar-refractivity contribution in [3.8, 4) is 0 Å². The molecule has 1 unspecified atom stereocenters. The zero-order valence-electron chi connectivity index (χ0n) is 11.1. The molecule has 1 aliphatic rings. The highest BCUT2D eigenvalue weighted by Crippen LogP contribution is 2.41. The number of hydrogen-bond donors (Lipinski definition) is 2. The number of amides is 1. The van der Waals surface area contributed by atoms with E-state index in [1.807, 2.05) is 11.6 Å². The predicted octanol–water partition coefficient (Wildman–Crippen LogP) is 2.59. The van der Waals surface area contributed by atoms with Crippen LogP contribution in [0.15, 0.2) is 17.8 Å². The molecule has 0 aromatic carbocycles. The molecule has 0 bridgehead atoms. The van der Waals surface area contributed by atoms with Crippen LogP contribution < -0.4 is 10.6 Å². The Labute approximate surface area is 125 Å². The smallest absolute Gasteiger partial charge is 0.240 e. The monoisotopic (exact) mass is 308 g/mol. The molecule has 2 aromatic heterocycles. The van der Waals surface area contributed by atoms with Crippen LogP contribution in [0.5, 0.6) is 0 Å². The van der Waals surface area contributed by atoms with Crippen molar-refractivity contribution in [1.82, 2.24) is 15.3 Å². The zero-order valence-corrected chi connectivity index (χ0v) is 12.8. The van der Waals surface area contributed by atoms with Gasteiger partial charge in [-0.1, -0.05) is 0 Å². The number of carbonyl (C=O) groups is 1. The second kappa shape index (κ2) is 5.99. The van der Waals surface area contributed by atoms with Gasteiger partial charge in [0.2, 0.25) is 5.91 Å². The zero-order chi connectivity index (χ0) is 13.9. The standard InChI is InChI=1S/C13H16N4OS2/c1-8-6-16-12(20-8)11(9-2-3-9)15-7-10(18)17-13-14-4-5-19-13/h4-6,9,11,15H,2-3,7H2,1H3,(H,14,17,18). The molecule has 2 aromatic rings. The van der Waals surface area contributed by atoms with E-state index in [4.69, 9.17) is 0 Å². The van der Waals surface area contributed by atoms with Gasteiger partial charge in [0.25, 0.3) is 0 Å². The first-order valence-corrected chi connectivity index (χ1v) is 8.27. The normalized spacial score (nSPS) is 16.1. The summed E-state index contributed by atoms with van der Waals surface area (Å²) in [5.41, 5.74) is 0. The fourth-order valence-electron chi connectivity index (χ4n) is 2.05. The minimum atomic E-state index is -0.0566. The van der Waals surface area contributed by atoms with Crippen molar-refractivity contribution in [2.24, 2.45) is 5.92 Å². The van der Waals surface area contributed by atoms with E-state index in [0.29, 0.717) is 17.6 Å². The predicted molar refractivity (Wildman–Crippen MR) is 81.1 cm³/mol. The minimum Gasteiger partial charge on any atom is -0.301 e. The summed E-state index contributed by atoms with van der Waals surface area (Å²) in [4.78, 5) is 21.6. The van der Waals surface area contributed by atoms with E-state index in [9.17, 15) is 4.79 Å². The highest BCUT2D eigenvalue weighted by atomic mass is 32.1. The average molecular weight is 308 g/mol. The molecule has 1 saturated carbocycles. The van der Waals surface area contributed by atoms with Crippen molar-refractivity contribution in [2.45, 2.75) is 25.8 Å². The number of nitrogens with zero attached hydrogens (tertiary/aromatic N) is 2. The SMILES string of the molecule is Cc1cnc(C(NCC(=O)Nc2nccs2)C2CC2)s1. The molecule has 2 heterocycles. The van der Waals surface area contributed by atoms with Gasteiger partial charge in [-0.15, -0.1) is 22.7 Å². The van der Waals surface area contributed by atoms with Crippen LogP contribution in [0.25, 0.3) is 0 Å². The number of nitrogens with one attached hydrogen (secondary N) is 2. The lowest BCUT2D eigenvalue weighted by molar-refractivity contribution is -0.115. The molecule has 1 atom stereocenters. The molecule has 1 aliphatic carbocycles. The highest BCUT2D eigenvalue weighted by Gasteiger charge is 2.34. The Hall–Kier alpha value is -1.31. The minimum absolute atomic E-state index is 0.0566. The van der Waals surface area contributed by atoms with Gasteiger partial charge in [-0.2, -0.15) is 0 Å². The first-order valence-electron chi connectivity index (χ1n) is 6.57. The summed E-state index contributed by atoms with van der Waals surface area (Å²) in [7, 11) is 0. The molecule has 0 radical (unpaired) electrons. The molecule has 0 spiro atoms. The number of aryl methyl sites for hydroxylation is 1. The van der Waals surface area contributed by atoms with Crippen molar-refractivity contribution in [2.75, 3.05) is 11.9 Å². The van der Waals surface area contributed by atoms with Gasteiger partial charge in [-0.05, 0) is 25.7 Å². The van der Waals surface area contributed by atoms with Crippen LogP contribution in [-0.2, 0) is 4.79 Å². The van der Waals surface area contributed by atoms with Gasteiger partial charge >= 0.3 is 0 Å². The molecule has 5 nitrogen and oxygen atoms in total. The van der Waals surface area contributed by atoms with Crippen molar-refractivity contribution in [3.05, 3.63) is 27.7 Å². The lowest BCUT2D eigenvalue weighted by Gasteiger charge is -2.15. The Kier molecular flexibility index (Phi) is 4.09. The largest absolute Gasteiger partial charge is 0.301 e. The summed E-state index contributed by atoms with van der Waals surface area (Å²) < 4.78 is 0. The Morgan fingerprint density at radius 1 is 1.50 bits per heavy atom. The highest BCUT2D eigenvalue weighted by molar-refractivity contribution is 7.13. The summed E-state index contributed by atoms with van der Waals surface area (Å²) in [5.74, 6) is 0.562. The molecule has 7 heteroatoms. The maximum atomic E-state index is 11.9. The van der Waals surface area contributed by atoms with Crippen LogP contribution in [0.2, 0.25) is 0 Å². The summed E-state index contributed by atoms with van der Waals surface area (Å²) in [5, 5.41) is 9.69. The topological polar surface area (TPSA) is 66.9 Å². The van der Waals surface area contributed by atoms with E-state index in [1.54, 1.807) is 17.5 Å². The van der Waals surface area contributed by atoms with Crippen LogP contribution in [-0.4, -0.2) is 22.4 Å². The molecule has 20 heavy (non-hydrogen) atoms. The van der Waals surface area contributed by atoms with Gasteiger partial charge in [0, 0.05) is 22.7 Å². The third kappa shape index (κ3) is 3.41. The number of carbonyl (C=O) groups excluding carboxylic acids is 1. The second-order valence-electron chi connectivity index (χ2n) is 4.89. The number of aromatic nitrogens is 2. The third-order valence-electron chi connectivity index (χ3n) is 3.16. The molecule has 1 amide bonds. The molecule has 1 fully saturated rings. The lowest BCUT2D eigenvalue weighted by atomic mass is 10.2. The average Bonchev–Trinajstić information content (AvgIpc) is 2.95. The van der Waals surface area contributed by atoms with Gasteiger partial charge in [-0.3, -0.25) is 10.1 Å². The Balaban J connectivity index is 1.56. The van der Waals surface area contributed by atoms with Gasteiger partial charge in [0.1, 0.15) is 5.01 Å². The summed E-state index contributed by atoms with van der Waals surface area (Å²) in [6, 6.07) is 0.204. The van der Waals surface area contributed by atoms with Gasteiger partial charge < -0.3 is 5.32 Å². The van der Waals surface area contributed by atoms with Gasteiger partial charge in [0.15, 0.2) is 5.13 Å². The van der Waals surface area contributed by atoms with Crippen LogP contribution in [0.4, 0.5) is 5.13 Å². The van der Waals surface area contributed by atoms with E-state index in [2.05, 4.69) is 27.5 Å². The van der Waals surface area contributed by atoms with Crippen LogP contribution in [0.1, 0.15) is 28.8 Å². The Bertz CT molecular complexity index is 577. The molecular formula is C13H16N4OS2.